The molecule has 1 aliphatic heterocycles. The number of hydrogen-bond acceptors (Lipinski definition) is 3. The zero-order valence-corrected chi connectivity index (χ0v) is 28.1. The van der Waals surface area contributed by atoms with E-state index in [-0.39, 0.29) is 0 Å². The molecule has 11 rings (SSSR count). The Morgan fingerprint density at radius 3 is 1.96 bits per heavy atom. The number of nitrogens with zero attached hydrogens (tertiary/aromatic N) is 4. The van der Waals surface area contributed by atoms with Gasteiger partial charge in [0.2, 0.25) is 0 Å². The summed E-state index contributed by atoms with van der Waals surface area (Å²) in [5, 5.41) is 6.00. The second kappa shape index (κ2) is 11.2. The van der Waals surface area contributed by atoms with Crippen molar-refractivity contribution in [2.75, 3.05) is 4.90 Å². The van der Waals surface area contributed by atoms with Crippen molar-refractivity contribution in [1.29, 1.82) is 0 Å². The van der Waals surface area contributed by atoms with Crippen molar-refractivity contribution >= 4 is 60.5 Å². The molecular weight excluding hydrogens is 633 g/mol. The van der Waals surface area contributed by atoms with Gasteiger partial charge in [0.1, 0.15) is 0 Å². The predicted molar refractivity (Wildman–Crippen MR) is 216 cm³/mol. The first-order valence-corrected chi connectivity index (χ1v) is 17.7. The average molecular weight is 663 g/mol. The van der Waals surface area contributed by atoms with Crippen LogP contribution in [0.25, 0.3) is 82.9 Å². The molecule has 4 nitrogen and oxygen atoms in total. The van der Waals surface area contributed by atoms with Crippen LogP contribution in [-0.4, -0.2) is 14.5 Å². The van der Waals surface area contributed by atoms with Gasteiger partial charge in [0.15, 0.2) is 5.82 Å². The Balaban J connectivity index is 1.06. The van der Waals surface area contributed by atoms with Crippen LogP contribution < -0.4 is 4.90 Å². The van der Waals surface area contributed by atoms with Crippen LogP contribution in [0.3, 0.4) is 0 Å². The molecule has 1 aliphatic rings. The smallest absolute Gasteiger partial charge is 0.160 e. The molecule has 52 heavy (non-hydrogen) atoms. The van der Waals surface area contributed by atoms with E-state index in [4.69, 9.17) is 9.97 Å². The molecule has 10 aromatic rings. The van der Waals surface area contributed by atoms with Crippen molar-refractivity contribution in [3.05, 3.63) is 182 Å². The summed E-state index contributed by atoms with van der Waals surface area (Å²) in [5.41, 5.74) is 13.3. The van der Waals surface area contributed by atoms with Crippen LogP contribution in [0.15, 0.2) is 182 Å². The molecule has 0 saturated heterocycles. The summed E-state index contributed by atoms with van der Waals surface area (Å²) in [5.74, 6) is 0.704. The topological polar surface area (TPSA) is 34.0 Å². The van der Waals surface area contributed by atoms with E-state index < -0.39 is 0 Å². The number of hydrogen-bond donors (Lipinski definition) is 0. The normalized spacial score (nSPS) is 12.2. The van der Waals surface area contributed by atoms with Crippen LogP contribution >= 0.6 is 0 Å². The lowest BCUT2D eigenvalue weighted by molar-refractivity contribution is 1.18. The fourth-order valence-corrected chi connectivity index (χ4v) is 8.19. The molecule has 4 heteroatoms. The Hall–Kier alpha value is -7.04. The summed E-state index contributed by atoms with van der Waals surface area (Å²) in [6.07, 6.45) is 0. The highest BCUT2D eigenvalue weighted by molar-refractivity contribution is 6.14. The predicted octanol–water partition coefficient (Wildman–Crippen LogP) is 12.7. The number of fused-ring (bicyclic) bond motifs is 6. The van der Waals surface area contributed by atoms with Crippen molar-refractivity contribution in [1.82, 2.24) is 14.5 Å². The highest BCUT2D eigenvalue weighted by Gasteiger charge is 2.25. The third-order valence-electron chi connectivity index (χ3n) is 10.5. The van der Waals surface area contributed by atoms with Gasteiger partial charge in [-0.15, -0.1) is 0 Å². The molecule has 242 valence electrons. The minimum absolute atomic E-state index is 0.704. The first-order valence-electron chi connectivity index (χ1n) is 17.7. The maximum atomic E-state index is 5.31. The summed E-state index contributed by atoms with van der Waals surface area (Å²) < 4.78 is 2.36. The van der Waals surface area contributed by atoms with Gasteiger partial charge in [0.05, 0.1) is 33.6 Å². The maximum Gasteiger partial charge on any atom is 0.160 e. The van der Waals surface area contributed by atoms with Gasteiger partial charge < -0.3 is 9.47 Å². The average Bonchev–Trinajstić information content (AvgIpc) is 3.55. The van der Waals surface area contributed by atoms with E-state index in [0.717, 1.165) is 44.6 Å². The zero-order valence-electron chi connectivity index (χ0n) is 28.1. The van der Waals surface area contributed by atoms with Crippen molar-refractivity contribution in [3.63, 3.8) is 0 Å². The van der Waals surface area contributed by atoms with Gasteiger partial charge in [-0.3, -0.25) is 0 Å². The van der Waals surface area contributed by atoms with Crippen LogP contribution in [0, 0.1) is 0 Å². The molecule has 0 spiro atoms. The maximum absolute atomic E-state index is 5.31. The Bertz CT molecular complexity index is 3010. The third-order valence-corrected chi connectivity index (χ3v) is 10.5. The first-order chi connectivity index (χ1) is 25.8. The largest absolute Gasteiger partial charge is 0.309 e. The Labute approximate surface area is 300 Å². The van der Waals surface area contributed by atoms with Crippen molar-refractivity contribution in [2.24, 2.45) is 0 Å². The Morgan fingerprint density at radius 1 is 0.404 bits per heavy atom. The van der Waals surface area contributed by atoms with Gasteiger partial charge in [-0.2, -0.15) is 0 Å². The molecular formula is C48H30N4. The molecule has 2 aromatic heterocycles. The number of benzene rings is 8. The van der Waals surface area contributed by atoms with E-state index in [1.807, 2.05) is 0 Å². The minimum Gasteiger partial charge on any atom is -0.309 e. The molecule has 0 unspecified atom stereocenters. The standard InChI is InChI=1S/C48H30N4/c1-2-14-34(15-3-1)52-42-21-8-5-16-36(42)38-29-26-33(30-45(38)52)47-40-18-4-7-20-41(40)49-48(50-47)32-24-27-35(28-25-32)51-43-22-9-6-17-37(43)39-19-10-12-31-13-11-23-44(51)46(31)39/h1-30H. The molecule has 0 N–H and O–H groups in total. The van der Waals surface area contributed by atoms with Crippen LogP contribution in [0.4, 0.5) is 17.1 Å². The minimum atomic E-state index is 0.704. The molecule has 0 amide bonds. The Morgan fingerprint density at radius 2 is 1.08 bits per heavy atom. The van der Waals surface area contributed by atoms with E-state index >= 15 is 0 Å². The lowest BCUT2D eigenvalue weighted by atomic mass is 9.91. The molecule has 8 aromatic carbocycles. The molecule has 0 atom stereocenters. The zero-order chi connectivity index (χ0) is 34.2. The van der Waals surface area contributed by atoms with Crippen LogP contribution in [-0.2, 0) is 0 Å². The number of para-hydroxylation sites is 4. The number of aromatic nitrogens is 3. The van der Waals surface area contributed by atoms with E-state index in [1.54, 1.807) is 0 Å². The summed E-state index contributed by atoms with van der Waals surface area (Å²) in [6, 6.07) is 64.8. The molecule has 0 radical (unpaired) electrons. The highest BCUT2D eigenvalue weighted by atomic mass is 15.2. The van der Waals surface area contributed by atoms with Crippen LogP contribution in [0.2, 0.25) is 0 Å². The van der Waals surface area contributed by atoms with Gasteiger partial charge in [-0.1, -0.05) is 115 Å². The molecule has 0 fully saturated rings. The van der Waals surface area contributed by atoms with Crippen molar-refractivity contribution in [3.8, 4) is 39.5 Å². The van der Waals surface area contributed by atoms with Crippen LogP contribution in [0.5, 0.6) is 0 Å². The SMILES string of the molecule is c1ccc(-n2c3ccccc3c3ccc(-c4nc(-c5ccc(N6c7ccccc7-c7cccc8cccc6c78)cc5)nc5ccccc45)cc32)cc1. The van der Waals surface area contributed by atoms with Gasteiger partial charge in [0, 0.05) is 49.6 Å². The monoisotopic (exact) mass is 662 g/mol. The van der Waals surface area contributed by atoms with Crippen molar-refractivity contribution in [2.45, 2.75) is 0 Å². The van der Waals surface area contributed by atoms with Crippen molar-refractivity contribution < 1.29 is 0 Å². The van der Waals surface area contributed by atoms with E-state index in [0.29, 0.717) is 5.82 Å². The fourth-order valence-electron chi connectivity index (χ4n) is 8.19. The second-order valence-electron chi connectivity index (χ2n) is 13.4. The van der Waals surface area contributed by atoms with E-state index in [9.17, 15) is 0 Å². The van der Waals surface area contributed by atoms with Gasteiger partial charge in [-0.05, 0) is 77.7 Å². The van der Waals surface area contributed by atoms with Gasteiger partial charge in [-0.25, -0.2) is 9.97 Å². The lowest BCUT2D eigenvalue weighted by Crippen LogP contribution is -2.14. The van der Waals surface area contributed by atoms with E-state index in [1.165, 1.54) is 49.6 Å². The Kier molecular flexibility index (Phi) is 6.22. The third kappa shape index (κ3) is 4.28. The fraction of sp³-hybridized carbons (Fsp3) is 0. The molecule has 0 aliphatic carbocycles. The second-order valence-corrected chi connectivity index (χ2v) is 13.4. The molecule has 3 heterocycles. The van der Waals surface area contributed by atoms with Crippen LogP contribution in [0.1, 0.15) is 0 Å². The summed E-state index contributed by atoms with van der Waals surface area (Å²) >= 11 is 0. The lowest BCUT2D eigenvalue weighted by Gasteiger charge is -2.33. The van der Waals surface area contributed by atoms with Gasteiger partial charge >= 0.3 is 0 Å². The highest BCUT2D eigenvalue weighted by Crippen LogP contribution is 2.50. The van der Waals surface area contributed by atoms with Gasteiger partial charge in [0.25, 0.3) is 0 Å². The summed E-state index contributed by atoms with van der Waals surface area (Å²) in [6.45, 7) is 0. The first kappa shape index (κ1) is 28.8. The summed E-state index contributed by atoms with van der Waals surface area (Å²) in [4.78, 5) is 12.8. The molecule has 0 saturated carbocycles. The number of anilines is 3. The quantitative estimate of drug-likeness (QED) is 0.188. The molecule has 0 bridgehead atoms. The number of rotatable bonds is 4. The van der Waals surface area contributed by atoms with E-state index in [2.05, 4.69) is 191 Å². The summed E-state index contributed by atoms with van der Waals surface area (Å²) in [7, 11) is 0.